The highest BCUT2D eigenvalue weighted by molar-refractivity contribution is 9.10. The minimum absolute atomic E-state index is 0.520. The molecular weight excluding hydrogens is 232 g/mol. The molecule has 13 heavy (non-hydrogen) atoms. The Labute approximate surface area is 83.5 Å². The quantitative estimate of drug-likeness (QED) is 0.822. The van der Waals surface area contributed by atoms with Gasteiger partial charge in [-0.25, -0.2) is 0 Å². The monoisotopic (exact) mass is 238 g/mol. The van der Waals surface area contributed by atoms with Crippen molar-refractivity contribution in [3.63, 3.8) is 0 Å². The molecule has 0 radical (unpaired) electrons. The number of nitrogen functional groups attached to an aromatic ring is 1. The summed E-state index contributed by atoms with van der Waals surface area (Å²) < 4.78 is 2.51. The van der Waals surface area contributed by atoms with Crippen LogP contribution < -0.4 is 5.73 Å². The summed E-state index contributed by atoms with van der Waals surface area (Å²) in [5.74, 6) is 0.520. The summed E-state index contributed by atoms with van der Waals surface area (Å²) in [6.07, 6.45) is 1.51. The van der Waals surface area contributed by atoms with E-state index in [2.05, 4.69) is 26.2 Å². The van der Waals surface area contributed by atoms with Gasteiger partial charge in [-0.05, 0) is 28.1 Å². The highest BCUT2D eigenvalue weighted by Gasteiger charge is 2.04. The highest BCUT2D eigenvalue weighted by atomic mass is 79.9. The van der Waals surface area contributed by atoms with Crippen LogP contribution in [0.25, 0.3) is 5.69 Å². The standard InChI is InChI=1S/C8H7BrN4/c9-6-3-1-2-4-7(6)13-8(10)5-11-12-13/h1-5H,10H2. The smallest absolute Gasteiger partial charge is 0.147 e. The molecule has 2 N–H and O–H groups in total. The van der Waals surface area contributed by atoms with Crippen molar-refractivity contribution in [3.8, 4) is 5.69 Å². The fourth-order valence-corrected chi connectivity index (χ4v) is 1.51. The maximum Gasteiger partial charge on any atom is 0.147 e. The van der Waals surface area contributed by atoms with E-state index in [1.807, 2.05) is 24.3 Å². The molecule has 1 aromatic heterocycles. The van der Waals surface area contributed by atoms with Gasteiger partial charge in [0.25, 0.3) is 0 Å². The zero-order valence-electron chi connectivity index (χ0n) is 6.68. The second-order valence-corrected chi connectivity index (χ2v) is 3.38. The van der Waals surface area contributed by atoms with E-state index in [9.17, 15) is 0 Å². The lowest BCUT2D eigenvalue weighted by Gasteiger charge is -2.03. The molecule has 0 aliphatic carbocycles. The van der Waals surface area contributed by atoms with Crippen LogP contribution in [0.4, 0.5) is 5.82 Å². The van der Waals surface area contributed by atoms with Gasteiger partial charge in [-0.15, -0.1) is 5.10 Å². The van der Waals surface area contributed by atoms with Crippen molar-refractivity contribution < 1.29 is 0 Å². The van der Waals surface area contributed by atoms with E-state index in [-0.39, 0.29) is 0 Å². The lowest BCUT2D eigenvalue weighted by atomic mass is 10.3. The summed E-state index contributed by atoms with van der Waals surface area (Å²) in [5.41, 5.74) is 6.55. The van der Waals surface area contributed by atoms with Crippen molar-refractivity contribution in [2.75, 3.05) is 5.73 Å². The second-order valence-electron chi connectivity index (χ2n) is 2.52. The number of halogens is 1. The molecule has 5 heteroatoms. The number of hydrogen-bond acceptors (Lipinski definition) is 3. The summed E-state index contributed by atoms with van der Waals surface area (Å²) >= 11 is 3.41. The Balaban J connectivity index is 2.59. The molecule has 66 valence electrons. The summed E-state index contributed by atoms with van der Waals surface area (Å²) in [6.45, 7) is 0. The Kier molecular flexibility index (Phi) is 2.02. The van der Waals surface area contributed by atoms with Crippen LogP contribution in [0.1, 0.15) is 0 Å². The van der Waals surface area contributed by atoms with E-state index < -0.39 is 0 Å². The zero-order chi connectivity index (χ0) is 9.26. The fourth-order valence-electron chi connectivity index (χ4n) is 1.05. The van der Waals surface area contributed by atoms with E-state index >= 15 is 0 Å². The van der Waals surface area contributed by atoms with Crippen LogP contribution in [0, 0.1) is 0 Å². The molecule has 1 aromatic carbocycles. The molecule has 0 saturated heterocycles. The molecule has 0 fully saturated rings. The minimum Gasteiger partial charge on any atom is -0.382 e. The number of nitrogens with zero attached hydrogens (tertiary/aromatic N) is 3. The van der Waals surface area contributed by atoms with Crippen LogP contribution in [0.5, 0.6) is 0 Å². The molecule has 0 spiro atoms. The number of nitrogens with two attached hydrogens (primary N) is 1. The zero-order valence-corrected chi connectivity index (χ0v) is 8.27. The SMILES string of the molecule is Nc1cnnn1-c1ccccc1Br. The van der Waals surface area contributed by atoms with Crippen LogP contribution >= 0.6 is 15.9 Å². The van der Waals surface area contributed by atoms with Gasteiger partial charge >= 0.3 is 0 Å². The largest absolute Gasteiger partial charge is 0.382 e. The minimum atomic E-state index is 0.520. The topological polar surface area (TPSA) is 56.7 Å². The van der Waals surface area contributed by atoms with Crippen molar-refractivity contribution in [2.45, 2.75) is 0 Å². The second kappa shape index (κ2) is 3.18. The van der Waals surface area contributed by atoms with Crippen molar-refractivity contribution in [1.29, 1.82) is 0 Å². The Morgan fingerprint density at radius 1 is 1.31 bits per heavy atom. The molecule has 4 nitrogen and oxygen atoms in total. The van der Waals surface area contributed by atoms with E-state index in [4.69, 9.17) is 5.73 Å². The molecule has 2 rings (SSSR count). The predicted octanol–water partition coefficient (Wildman–Crippen LogP) is 1.61. The Hall–Kier alpha value is -1.36. The van der Waals surface area contributed by atoms with E-state index in [1.165, 1.54) is 6.20 Å². The molecule has 0 aliphatic heterocycles. The van der Waals surface area contributed by atoms with Crippen molar-refractivity contribution >= 4 is 21.7 Å². The number of benzene rings is 1. The third kappa shape index (κ3) is 1.42. The number of para-hydroxylation sites is 1. The van der Waals surface area contributed by atoms with Crippen LogP contribution in [-0.2, 0) is 0 Å². The van der Waals surface area contributed by atoms with Gasteiger partial charge in [0.05, 0.1) is 11.9 Å². The fraction of sp³-hybridized carbons (Fsp3) is 0. The van der Waals surface area contributed by atoms with Gasteiger partial charge in [0.2, 0.25) is 0 Å². The first-order valence-corrected chi connectivity index (χ1v) is 4.49. The third-order valence-corrected chi connectivity index (χ3v) is 2.33. The summed E-state index contributed by atoms with van der Waals surface area (Å²) in [4.78, 5) is 0. The Bertz CT molecular complexity index is 424. The van der Waals surface area contributed by atoms with Crippen molar-refractivity contribution in [3.05, 3.63) is 34.9 Å². The molecule has 0 aliphatic rings. The Morgan fingerprint density at radius 3 is 2.69 bits per heavy atom. The van der Waals surface area contributed by atoms with E-state index in [1.54, 1.807) is 4.68 Å². The van der Waals surface area contributed by atoms with Crippen molar-refractivity contribution in [1.82, 2.24) is 15.0 Å². The lowest BCUT2D eigenvalue weighted by molar-refractivity contribution is 0.807. The average molecular weight is 239 g/mol. The summed E-state index contributed by atoms with van der Waals surface area (Å²) in [7, 11) is 0. The normalized spacial score (nSPS) is 10.2. The number of hydrogen-bond donors (Lipinski definition) is 1. The van der Waals surface area contributed by atoms with Gasteiger partial charge in [-0.3, -0.25) is 0 Å². The van der Waals surface area contributed by atoms with Crippen LogP contribution in [0.2, 0.25) is 0 Å². The van der Waals surface area contributed by atoms with Gasteiger partial charge in [-0.1, -0.05) is 17.3 Å². The van der Waals surface area contributed by atoms with Gasteiger partial charge in [0.15, 0.2) is 0 Å². The van der Waals surface area contributed by atoms with Crippen LogP contribution in [0.15, 0.2) is 34.9 Å². The first kappa shape index (κ1) is 8.25. The highest BCUT2D eigenvalue weighted by Crippen LogP contribution is 2.20. The lowest BCUT2D eigenvalue weighted by Crippen LogP contribution is -2.02. The van der Waals surface area contributed by atoms with Crippen LogP contribution in [0.3, 0.4) is 0 Å². The summed E-state index contributed by atoms with van der Waals surface area (Å²) in [5, 5.41) is 7.56. The third-order valence-electron chi connectivity index (χ3n) is 1.66. The molecule has 1 heterocycles. The first-order chi connectivity index (χ1) is 6.29. The predicted molar refractivity (Wildman–Crippen MR) is 53.5 cm³/mol. The van der Waals surface area contributed by atoms with Gasteiger partial charge in [0.1, 0.15) is 5.82 Å². The molecule has 0 amide bonds. The van der Waals surface area contributed by atoms with Gasteiger partial charge < -0.3 is 5.73 Å². The van der Waals surface area contributed by atoms with Gasteiger partial charge in [-0.2, -0.15) is 4.68 Å². The maximum absolute atomic E-state index is 5.66. The molecular formula is C8H7BrN4. The first-order valence-electron chi connectivity index (χ1n) is 3.70. The molecule has 0 bridgehead atoms. The summed E-state index contributed by atoms with van der Waals surface area (Å²) in [6, 6.07) is 7.69. The average Bonchev–Trinajstić information content (AvgIpc) is 2.52. The number of anilines is 1. The van der Waals surface area contributed by atoms with Crippen LogP contribution in [-0.4, -0.2) is 15.0 Å². The number of rotatable bonds is 1. The number of aromatic nitrogens is 3. The molecule has 0 unspecified atom stereocenters. The van der Waals surface area contributed by atoms with E-state index in [0.717, 1.165) is 10.2 Å². The molecule has 0 atom stereocenters. The van der Waals surface area contributed by atoms with Gasteiger partial charge in [0, 0.05) is 4.47 Å². The maximum atomic E-state index is 5.66. The Morgan fingerprint density at radius 2 is 2.08 bits per heavy atom. The van der Waals surface area contributed by atoms with E-state index in [0.29, 0.717) is 5.82 Å². The molecule has 2 aromatic rings. The van der Waals surface area contributed by atoms with Crippen molar-refractivity contribution in [2.24, 2.45) is 0 Å². The molecule has 0 saturated carbocycles.